The number of benzene rings is 1. The number of ether oxygens (including phenoxy) is 1. The number of phenolic OH excluding ortho intramolecular Hbond substituents is 1. The van der Waals surface area contributed by atoms with Gasteiger partial charge in [0.1, 0.15) is 0 Å². The molecular weight excluding hydrogens is 570 g/mol. The number of aromatic hydroxyl groups is 1. The van der Waals surface area contributed by atoms with Crippen molar-refractivity contribution < 1.29 is 38.9 Å². The van der Waals surface area contributed by atoms with Gasteiger partial charge in [-0.15, -0.1) is 0 Å². The summed E-state index contributed by atoms with van der Waals surface area (Å²) >= 11 is 3.20. The molecule has 39 heavy (non-hydrogen) atoms. The van der Waals surface area contributed by atoms with Crippen molar-refractivity contribution >= 4 is 45.3 Å². The molecule has 0 radical (unpaired) electrons. The number of carboxylic acid groups (broad SMARTS) is 1. The third kappa shape index (κ3) is 4.54. The van der Waals surface area contributed by atoms with Crippen LogP contribution in [0.5, 0.6) is 11.5 Å². The van der Waals surface area contributed by atoms with E-state index in [0.29, 0.717) is 31.2 Å². The van der Waals surface area contributed by atoms with Crippen molar-refractivity contribution in [3.05, 3.63) is 57.1 Å². The highest BCUT2D eigenvalue weighted by Gasteiger charge is 2.56. The lowest BCUT2D eigenvalue weighted by Gasteiger charge is -2.42. The molecule has 2 N–H and O–H groups in total. The first-order valence-electron chi connectivity index (χ1n) is 13.0. The number of Topliss-reactive ketones (excluding diaryl/α,β-unsaturated/α-hetero) is 1. The number of hydrogen-bond donors (Lipinski definition) is 2. The molecule has 0 saturated carbocycles. The summed E-state index contributed by atoms with van der Waals surface area (Å²) in [4.78, 5) is 65.6. The molecule has 1 aliphatic heterocycles. The number of hydrogen-bond acceptors (Lipinski definition) is 7. The summed E-state index contributed by atoms with van der Waals surface area (Å²) in [6, 6.07) is 4.97. The highest BCUT2D eigenvalue weighted by Crippen LogP contribution is 2.56. The number of carbonyl (C=O) groups excluding carboxylic acids is 4. The lowest BCUT2D eigenvalue weighted by Crippen LogP contribution is -2.39. The number of imide groups is 1. The molecule has 1 fully saturated rings. The number of likely N-dealkylation sites (tertiary alicyclic amines) is 1. The van der Waals surface area contributed by atoms with Crippen LogP contribution in [0.3, 0.4) is 0 Å². The number of carbonyl (C=O) groups is 5. The number of para-hydroxylation sites is 1. The second kappa shape index (κ2) is 10.6. The highest BCUT2D eigenvalue weighted by atomic mass is 79.9. The van der Waals surface area contributed by atoms with Crippen molar-refractivity contribution in [2.45, 2.75) is 44.4 Å². The molecule has 0 bridgehead atoms. The second-order valence-corrected chi connectivity index (χ2v) is 11.2. The van der Waals surface area contributed by atoms with Gasteiger partial charge in [0, 0.05) is 41.7 Å². The van der Waals surface area contributed by atoms with E-state index in [-0.39, 0.29) is 69.9 Å². The number of allylic oxidation sites excluding steroid dienone is 6. The molecule has 5 rings (SSSR count). The molecule has 10 heteroatoms. The third-order valence-electron chi connectivity index (χ3n) is 8.26. The third-order valence-corrected chi connectivity index (χ3v) is 8.85. The van der Waals surface area contributed by atoms with Crippen LogP contribution in [0.2, 0.25) is 0 Å². The summed E-state index contributed by atoms with van der Waals surface area (Å²) in [6.45, 7) is 0.214. The van der Waals surface area contributed by atoms with Crippen molar-refractivity contribution in [3.63, 3.8) is 0 Å². The molecule has 3 aliphatic carbocycles. The number of phenols is 1. The quantitative estimate of drug-likeness (QED) is 0.200. The first-order valence-corrected chi connectivity index (χ1v) is 13.8. The predicted octanol–water partition coefficient (Wildman–Crippen LogP) is 3.81. The first-order chi connectivity index (χ1) is 18.6. The van der Waals surface area contributed by atoms with E-state index in [2.05, 4.69) is 15.9 Å². The predicted molar refractivity (Wildman–Crippen MR) is 142 cm³/mol. The molecule has 4 aliphatic rings. The van der Waals surface area contributed by atoms with Crippen LogP contribution in [0, 0.1) is 17.8 Å². The van der Waals surface area contributed by atoms with Gasteiger partial charge in [0.15, 0.2) is 23.1 Å². The Morgan fingerprint density at radius 1 is 1.10 bits per heavy atom. The van der Waals surface area contributed by atoms with Crippen LogP contribution >= 0.6 is 15.9 Å². The number of unbranched alkanes of at least 4 members (excludes halogenated alkanes) is 2. The summed E-state index contributed by atoms with van der Waals surface area (Å²) in [7, 11) is 1.42. The van der Waals surface area contributed by atoms with Gasteiger partial charge in [-0.25, -0.2) is 0 Å². The van der Waals surface area contributed by atoms with Crippen LogP contribution in [-0.4, -0.2) is 58.1 Å². The largest absolute Gasteiger partial charge is 0.504 e. The topological polar surface area (TPSA) is 138 Å². The summed E-state index contributed by atoms with van der Waals surface area (Å²) < 4.78 is 5.44. The Balaban J connectivity index is 1.52. The zero-order valence-electron chi connectivity index (χ0n) is 21.3. The van der Waals surface area contributed by atoms with Crippen molar-refractivity contribution in [1.29, 1.82) is 0 Å². The highest BCUT2D eigenvalue weighted by molar-refractivity contribution is 9.12. The number of rotatable bonds is 8. The molecule has 1 heterocycles. The number of amides is 2. The van der Waals surface area contributed by atoms with E-state index in [0.717, 1.165) is 5.57 Å². The Morgan fingerprint density at radius 2 is 1.87 bits per heavy atom. The fraction of sp³-hybridized carbons (Fsp3) is 0.414. The fourth-order valence-corrected chi connectivity index (χ4v) is 6.95. The van der Waals surface area contributed by atoms with Crippen LogP contribution in [0.4, 0.5) is 0 Å². The van der Waals surface area contributed by atoms with E-state index >= 15 is 0 Å². The molecule has 0 spiro atoms. The van der Waals surface area contributed by atoms with Crippen LogP contribution in [0.15, 0.2) is 51.6 Å². The van der Waals surface area contributed by atoms with Crippen LogP contribution < -0.4 is 4.74 Å². The maximum Gasteiger partial charge on any atom is 0.303 e. The summed E-state index contributed by atoms with van der Waals surface area (Å²) in [6.07, 6.45) is 5.18. The monoisotopic (exact) mass is 597 g/mol. The lowest BCUT2D eigenvalue weighted by molar-refractivity contribution is -0.141. The molecule has 2 amide bonds. The minimum absolute atomic E-state index is 0.0369. The number of aliphatic carboxylic acids is 1. The van der Waals surface area contributed by atoms with Gasteiger partial charge >= 0.3 is 5.97 Å². The standard InChI is InChI=1S/C29H28BrNO8/c1-39-21-7-5-6-15(27(21)36)23-14-9-10-16-24(17(14)12-18-25(23)20(32)13-19(30)26(18)35)29(38)31(28(16)37)11-4-2-3-8-22(33)34/h5-7,9,13,16-17,23-24,36H,2-4,8,10-12H2,1H3,(H,33,34)/t16-,17+,23+,24-/m0/s1. The fourth-order valence-electron chi connectivity index (χ4n) is 6.51. The minimum Gasteiger partial charge on any atom is -0.504 e. The zero-order chi connectivity index (χ0) is 28.0. The second-order valence-electron chi connectivity index (χ2n) is 10.3. The summed E-state index contributed by atoms with van der Waals surface area (Å²) in [5, 5.41) is 19.9. The minimum atomic E-state index is -0.882. The molecular formula is C29H28BrNO8. The average Bonchev–Trinajstić information content (AvgIpc) is 3.15. The van der Waals surface area contributed by atoms with Gasteiger partial charge in [0.2, 0.25) is 11.8 Å². The molecule has 9 nitrogen and oxygen atoms in total. The first kappa shape index (κ1) is 27.1. The van der Waals surface area contributed by atoms with Gasteiger partial charge in [0.05, 0.1) is 23.4 Å². The number of ketones is 2. The number of halogens is 1. The number of fused-ring (bicyclic) bond motifs is 3. The number of carboxylic acids is 1. The summed E-state index contributed by atoms with van der Waals surface area (Å²) in [5.74, 6) is -4.58. The Kier molecular flexibility index (Phi) is 7.33. The van der Waals surface area contributed by atoms with E-state index in [1.165, 1.54) is 18.1 Å². The van der Waals surface area contributed by atoms with E-state index in [4.69, 9.17) is 9.84 Å². The van der Waals surface area contributed by atoms with Crippen molar-refractivity contribution in [3.8, 4) is 11.5 Å². The van der Waals surface area contributed by atoms with Crippen molar-refractivity contribution in [1.82, 2.24) is 4.90 Å². The molecule has 1 aromatic carbocycles. The number of nitrogens with zero attached hydrogens (tertiary/aromatic N) is 1. The average molecular weight is 598 g/mol. The SMILES string of the molecule is COc1cccc([C@H]2C3=CC[C@@H]4C(=O)N(CCCCCC(=O)O)C(=O)[C@@H]4[C@@H]3CC3=C2C(=O)C=C(Br)C3=O)c1O. The molecule has 0 unspecified atom stereocenters. The maximum atomic E-state index is 13.7. The van der Waals surface area contributed by atoms with Gasteiger partial charge in [-0.3, -0.25) is 28.9 Å². The Hall–Kier alpha value is -3.53. The Bertz CT molecular complexity index is 1390. The number of methoxy groups -OCH3 is 1. The van der Waals surface area contributed by atoms with Gasteiger partial charge in [-0.2, -0.15) is 0 Å². The summed E-state index contributed by atoms with van der Waals surface area (Å²) in [5.41, 5.74) is 1.71. The van der Waals surface area contributed by atoms with Crippen LogP contribution in [0.1, 0.15) is 50.0 Å². The van der Waals surface area contributed by atoms with Crippen LogP contribution in [-0.2, 0) is 24.0 Å². The van der Waals surface area contributed by atoms with Gasteiger partial charge in [-0.1, -0.05) is 30.2 Å². The van der Waals surface area contributed by atoms with E-state index in [1.54, 1.807) is 18.2 Å². The van der Waals surface area contributed by atoms with Gasteiger partial charge in [0.25, 0.3) is 0 Å². The van der Waals surface area contributed by atoms with Crippen LogP contribution in [0.25, 0.3) is 0 Å². The molecule has 4 atom stereocenters. The lowest BCUT2D eigenvalue weighted by atomic mass is 9.59. The molecule has 1 aromatic rings. The van der Waals surface area contributed by atoms with Crippen molar-refractivity contribution in [2.24, 2.45) is 17.8 Å². The van der Waals surface area contributed by atoms with E-state index in [1.807, 2.05) is 6.08 Å². The van der Waals surface area contributed by atoms with Gasteiger partial charge in [-0.05, 0) is 53.6 Å². The maximum absolute atomic E-state index is 13.7. The Labute approximate surface area is 233 Å². The molecule has 204 valence electrons. The van der Waals surface area contributed by atoms with E-state index in [9.17, 15) is 29.1 Å². The smallest absolute Gasteiger partial charge is 0.303 e. The van der Waals surface area contributed by atoms with E-state index < -0.39 is 29.6 Å². The zero-order valence-corrected chi connectivity index (χ0v) is 22.9. The Morgan fingerprint density at radius 3 is 2.59 bits per heavy atom. The van der Waals surface area contributed by atoms with Gasteiger partial charge < -0.3 is 14.9 Å². The normalized spacial score (nSPS) is 26.2. The molecule has 0 aromatic heterocycles. The molecule has 1 saturated heterocycles. The van der Waals surface area contributed by atoms with Crippen molar-refractivity contribution in [2.75, 3.05) is 13.7 Å².